The summed E-state index contributed by atoms with van der Waals surface area (Å²) in [5.41, 5.74) is 1.51. The van der Waals surface area contributed by atoms with E-state index < -0.39 is 45.2 Å². The first-order chi connectivity index (χ1) is 21.7. The van der Waals surface area contributed by atoms with Crippen molar-refractivity contribution in [3.8, 4) is 23.0 Å². The van der Waals surface area contributed by atoms with Crippen molar-refractivity contribution in [2.75, 3.05) is 44.0 Å². The third-order valence-electron chi connectivity index (χ3n) is 10.3. The number of hydrogen-bond donors (Lipinski definition) is 2. The minimum atomic E-state index is -4.92. The van der Waals surface area contributed by atoms with E-state index in [1.165, 1.54) is 6.92 Å². The van der Waals surface area contributed by atoms with Gasteiger partial charge in [-0.05, 0) is 44.9 Å². The topological polar surface area (TPSA) is 102 Å². The van der Waals surface area contributed by atoms with Gasteiger partial charge in [0.25, 0.3) is 5.92 Å². The largest absolute Gasteiger partial charge is 0.489 e. The number of rotatable bonds is 4. The van der Waals surface area contributed by atoms with E-state index >= 15 is 4.39 Å². The first-order valence-electron chi connectivity index (χ1n) is 15.1. The Morgan fingerprint density at radius 1 is 1.22 bits per heavy atom. The number of anilines is 2. The maximum atomic E-state index is 16.8. The number of aromatic nitrogens is 3. The van der Waals surface area contributed by atoms with Gasteiger partial charge in [0.15, 0.2) is 11.6 Å². The Kier molecular flexibility index (Phi) is 6.44. The Labute approximate surface area is 264 Å². The van der Waals surface area contributed by atoms with Crippen LogP contribution in [-0.2, 0) is 6.18 Å². The molecule has 5 aliphatic rings. The number of benzene rings is 1. The number of likely N-dealkylation sites (N-methyl/N-ethyl adjacent to an activating group) is 1. The van der Waals surface area contributed by atoms with Crippen molar-refractivity contribution in [1.82, 2.24) is 25.2 Å². The molecule has 2 bridgehead atoms. The van der Waals surface area contributed by atoms with Crippen LogP contribution < -0.4 is 25.4 Å². The van der Waals surface area contributed by atoms with E-state index in [1.54, 1.807) is 11.9 Å². The fraction of sp³-hybridized carbons (Fsp3) is 0.567. The average Bonchev–Trinajstić information content (AvgIpc) is 3.17. The smallest absolute Gasteiger partial charge is 0.418 e. The number of ether oxygens (including phenoxy) is 2. The van der Waals surface area contributed by atoms with Gasteiger partial charge in [-0.3, -0.25) is 4.90 Å². The molecule has 4 aliphatic heterocycles. The Morgan fingerprint density at radius 3 is 2.67 bits per heavy atom. The van der Waals surface area contributed by atoms with Crippen LogP contribution in [0.5, 0.6) is 11.8 Å². The molecule has 246 valence electrons. The van der Waals surface area contributed by atoms with E-state index in [4.69, 9.17) is 26.8 Å². The monoisotopic (exact) mass is 669 g/mol. The molecule has 9 nitrogen and oxygen atoms in total. The minimum absolute atomic E-state index is 0.0177. The molecule has 1 saturated carbocycles. The number of hydrogen-bond acceptors (Lipinski definition) is 9. The Balaban J connectivity index is 1.29. The number of pyridine rings is 1. The molecule has 46 heavy (non-hydrogen) atoms. The Bertz CT molecular complexity index is 1790. The van der Waals surface area contributed by atoms with Crippen LogP contribution in [0.1, 0.15) is 36.8 Å². The second kappa shape index (κ2) is 9.86. The summed E-state index contributed by atoms with van der Waals surface area (Å²) in [6, 6.07) is 0.345. The number of nitrogens with two attached hydrogens (primary N) is 1. The lowest BCUT2D eigenvalue weighted by molar-refractivity contribution is -0.137. The molecule has 3 saturated heterocycles. The van der Waals surface area contributed by atoms with Crippen molar-refractivity contribution in [3.63, 3.8) is 0 Å². The van der Waals surface area contributed by atoms with Gasteiger partial charge in [0, 0.05) is 37.6 Å². The van der Waals surface area contributed by atoms with Crippen LogP contribution >= 0.6 is 11.6 Å². The van der Waals surface area contributed by atoms with Crippen LogP contribution in [0.15, 0.2) is 6.07 Å². The number of nitrogens with one attached hydrogen (secondary N) is 1. The lowest BCUT2D eigenvalue weighted by Gasteiger charge is -2.40. The number of aryl methyl sites for hydroxylation is 1. The summed E-state index contributed by atoms with van der Waals surface area (Å²) < 4.78 is 100. The lowest BCUT2D eigenvalue weighted by Crippen LogP contribution is -2.60. The molecule has 4 fully saturated rings. The predicted molar refractivity (Wildman–Crippen MR) is 157 cm³/mol. The number of alkyl halides is 5. The van der Waals surface area contributed by atoms with Crippen LogP contribution in [0.4, 0.5) is 38.0 Å². The molecule has 8 rings (SSSR count). The number of nitrogens with zero attached hydrogens (tertiary/aromatic N) is 5. The van der Waals surface area contributed by atoms with Crippen molar-refractivity contribution in [1.29, 1.82) is 0 Å². The highest BCUT2D eigenvalue weighted by atomic mass is 35.5. The van der Waals surface area contributed by atoms with Crippen LogP contribution in [0.3, 0.4) is 0 Å². The molecular weight excluding hydrogens is 640 g/mol. The van der Waals surface area contributed by atoms with Crippen LogP contribution in [-0.4, -0.2) is 83.3 Å². The number of halogens is 7. The summed E-state index contributed by atoms with van der Waals surface area (Å²) in [6.45, 7) is 1.98. The van der Waals surface area contributed by atoms with Crippen molar-refractivity contribution in [3.05, 3.63) is 28.0 Å². The molecule has 1 spiro atoms. The fourth-order valence-corrected chi connectivity index (χ4v) is 8.32. The number of nitrogen functional groups attached to an aromatic ring is 1. The van der Waals surface area contributed by atoms with Crippen LogP contribution in [0, 0.1) is 18.2 Å². The highest BCUT2D eigenvalue weighted by molar-refractivity contribution is 6.36. The molecule has 1 aromatic carbocycles. The Hall–Kier alpha value is -3.30. The molecule has 0 radical (unpaired) electrons. The van der Waals surface area contributed by atoms with Crippen LogP contribution in [0.25, 0.3) is 22.2 Å². The summed E-state index contributed by atoms with van der Waals surface area (Å²) in [5, 5.41) is 3.25. The van der Waals surface area contributed by atoms with Gasteiger partial charge in [0.1, 0.15) is 30.4 Å². The quantitative estimate of drug-likeness (QED) is 0.363. The van der Waals surface area contributed by atoms with Crippen molar-refractivity contribution >= 4 is 34.1 Å². The van der Waals surface area contributed by atoms with E-state index in [-0.39, 0.29) is 96.6 Å². The van der Waals surface area contributed by atoms with Gasteiger partial charge in [-0.2, -0.15) is 23.1 Å². The third-order valence-corrected chi connectivity index (χ3v) is 10.7. The fourth-order valence-electron chi connectivity index (χ4n) is 8.00. The second-order valence-electron chi connectivity index (χ2n) is 13.3. The summed E-state index contributed by atoms with van der Waals surface area (Å²) >= 11 is 6.77. The van der Waals surface area contributed by atoms with Crippen molar-refractivity contribution in [2.45, 2.75) is 68.9 Å². The SMILES string of the molecule is Cc1cc(N)nc(-c2c(Cl)c3c4c(nc(OCC5CC6(CN5C)CC6(F)F)nc4c2F)N2CC4CCC(N4)C2CO3)c1C(F)(F)F. The first-order valence-corrected chi connectivity index (χ1v) is 15.5. The van der Waals surface area contributed by atoms with Crippen molar-refractivity contribution < 1.29 is 35.8 Å². The molecule has 16 heteroatoms. The summed E-state index contributed by atoms with van der Waals surface area (Å²) in [7, 11) is 1.74. The van der Waals surface area contributed by atoms with Crippen molar-refractivity contribution in [2.24, 2.45) is 5.41 Å². The first kappa shape index (κ1) is 30.1. The van der Waals surface area contributed by atoms with E-state index in [9.17, 15) is 22.0 Å². The van der Waals surface area contributed by atoms with Crippen LogP contribution in [0.2, 0.25) is 5.02 Å². The van der Waals surface area contributed by atoms with E-state index in [2.05, 4.69) is 20.3 Å². The number of likely N-dealkylation sites (tertiary alicyclic amines) is 1. The normalized spacial score (nSPS) is 29.6. The average molecular weight is 670 g/mol. The zero-order valence-electron chi connectivity index (χ0n) is 24.8. The van der Waals surface area contributed by atoms with Gasteiger partial charge < -0.3 is 25.4 Å². The highest BCUT2D eigenvalue weighted by Crippen LogP contribution is 2.66. The van der Waals surface area contributed by atoms with E-state index in [0.717, 1.165) is 18.9 Å². The molecule has 1 aliphatic carbocycles. The maximum absolute atomic E-state index is 16.8. The molecule has 2 aromatic heterocycles. The van der Waals surface area contributed by atoms with E-state index in [1.807, 2.05) is 4.90 Å². The molecule has 5 unspecified atom stereocenters. The molecule has 3 aromatic rings. The van der Waals surface area contributed by atoms with Gasteiger partial charge in [0.2, 0.25) is 0 Å². The predicted octanol–water partition coefficient (Wildman–Crippen LogP) is 5.20. The molecule has 3 N–H and O–H groups in total. The summed E-state index contributed by atoms with van der Waals surface area (Å²) in [4.78, 5) is 16.7. The molecule has 0 amide bonds. The Morgan fingerprint density at radius 2 is 1.98 bits per heavy atom. The highest BCUT2D eigenvalue weighted by Gasteiger charge is 2.73. The van der Waals surface area contributed by atoms with E-state index in [0.29, 0.717) is 6.54 Å². The standard InChI is InChI=1S/C30H30ClF6N7O2/c1-12-5-17(38)40-23(20(12)30(35,36)37)18-21(31)25-19-24(22(18)32)41-27(46-8-14-6-28(11-43(14)2)10-29(28,33)34)42-26(19)44-7-13-3-4-15(39-13)16(44)9-45-25/h5,13-16,39H,3-4,6-11H2,1-2H3,(H2,38,40). The zero-order chi connectivity index (χ0) is 32.5. The number of fused-ring (bicyclic) bond motifs is 5. The van der Waals surface area contributed by atoms with Gasteiger partial charge in [-0.25, -0.2) is 18.2 Å². The minimum Gasteiger partial charge on any atom is -0.489 e. The third kappa shape index (κ3) is 4.40. The number of piperazine rings is 1. The summed E-state index contributed by atoms with van der Waals surface area (Å²) in [6.07, 6.45) is -3.11. The van der Waals surface area contributed by atoms with Gasteiger partial charge in [-0.1, -0.05) is 11.6 Å². The zero-order valence-corrected chi connectivity index (χ0v) is 25.6. The summed E-state index contributed by atoms with van der Waals surface area (Å²) in [5.74, 6) is -3.94. The lowest BCUT2D eigenvalue weighted by atomic mass is 9.98. The molecule has 5 atom stereocenters. The van der Waals surface area contributed by atoms with Gasteiger partial charge in [0.05, 0.1) is 38.7 Å². The molecular formula is C30H30ClF6N7O2. The van der Waals surface area contributed by atoms with Gasteiger partial charge in [-0.15, -0.1) is 0 Å². The molecule has 6 heterocycles. The second-order valence-corrected chi connectivity index (χ2v) is 13.7. The van der Waals surface area contributed by atoms with Gasteiger partial charge >= 0.3 is 12.2 Å². The maximum Gasteiger partial charge on any atom is 0.418 e.